The minimum Gasteiger partial charge on any atom is -0.299 e. The molecule has 0 bridgehead atoms. The fourth-order valence-electron chi connectivity index (χ4n) is 2.29. The van der Waals surface area contributed by atoms with Crippen molar-refractivity contribution in [3.8, 4) is 12.3 Å². The first-order valence-corrected chi connectivity index (χ1v) is 6.80. The zero-order valence-corrected chi connectivity index (χ0v) is 11.9. The van der Waals surface area contributed by atoms with Crippen LogP contribution < -0.4 is 5.32 Å². The lowest BCUT2D eigenvalue weighted by molar-refractivity contribution is 0.253. The fourth-order valence-corrected chi connectivity index (χ4v) is 2.56. The van der Waals surface area contributed by atoms with Crippen molar-refractivity contribution in [3.05, 3.63) is 34.3 Å². The second-order valence-corrected chi connectivity index (χ2v) is 6.25. The van der Waals surface area contributed by atoms with E-state index in [2.05, 4.69) is 65.3 Å². The quantitative estimate of drug-likeness (QED) is 0.838. The molecule has 0 heterocycles. The van der Waals surface area contributed by atoms with Crippen molar-refractivity contribution < 1.29 is 0 Å². The van der Waals surface area contributed by atoms with E-state index in [0.29, 0.717) is 12.0 Å². The molecule has 1 fully saturated rings. The maximum Gasteiger partial charge on any atom is 0.0743 e. The number of benzene rings is 1. The standard InChI is InChI=1S/C15H18BrN/c1-4-15(2,3)17-14-9-12(10-14)11-5-7-13(16)8-6-11/h1,5-8,12,14,17H,9-10H2,2-3H3. The number of terminal acetylenes is 1. The van der Waals surface area contributed by atoms with Crippen LogP contribution in [0.2, 0.25) is 0 Å². The minimum atomic E-state index is -0.185. The maximum atomic E-state index is 5.48. The van der Waals surface area contributed by atoms with Crippen molar-refractivity contribution in [1.82, 2.24) is 5.32 Å². The van der Waals surface area contributed by atoms with Crippen LogP contribution in [0.1, 0.15) is 38.2 Å². The highest BCUT2D eigenvalue weighted by Crippen LogP contribution is 2.37. The van der Waals surface area contributed by atoms with Gasteiger partial charge in [0.2, 0.25) is 0 Å². The molecule has 1 aromatic carbocycles. The van der Waals surface area contributed by atoms with E-state index >= 15 is 0 Å². The highest BCUT2D eigenvalue weighted by Gasteiger charge is 2.33. The molecule has 0 spiro atoms. The van der Waals surface area contributed by atoms with E-state index in [1.807, 2.05) is 0 Å². The Morgan fingerprint density at radius 2 is 1.88 bits per heavy atom. The highest BCUT2D eigenvalue weighted by atomic mass is 79.9. The topological polar surface area (TPSA) is 12.0 Å². The van der Waals surface area contributed by atoms with Crippen LogP contribution in [0.15, 0.2) is 28.7 Å². The van der Waals surface area contributed by atoms with E-state index in [9.17, 15) is 0 Å². The first-order valence-electron chi connectivity index (χ1n) is 6.01. The summed E-state index contributed by atoms with van der Waals surface area (Å²) < 4.78 is 1.14. The predicted molar refractivity (Wildman–Crippen MR) is 76.0 cm³/mol. The maximum absolute atomic E-state index is 5.48. The summed E-state index contributed by atoms with van der Waals surface area (Å²) in [7, 11) is 0. The van der Waals surface area contributed by atoms with Gasteiger partial charge in [-0.3, -0.25) is 5.32 Å². The highest BCUT2D eigenvalue weighted by molar-refractivity contribution is 9.10. The molecule has 1 aliphatic rings. The first kappa shape index (κ1) is 12.7. The molecule has 0 unspecified atom stereocenters. The third-order valence-electron chi connectivity index (χ3n) is 3.41. The van der Waals surface area contributed by atoms with E-state index in [0.717, 1.165) is 4.47 Å². The summed E-state index contributed by atoms with van der Waals surface area (Å²) in [5.74, 6) is 3.47. The van der Waals surface area contributed by atoms with Crippen LogP contribution in [-0.2, 0) is 0 Å². The lowest BCUT2D eigenvalue weighted by atomic mass is 9.75. The number of rotatable bonds is 3. The summed E-state index contributed by atoms with van der Waals surface area (Å²) in [4.78, 5) is 0. The molecule has 17 heavy (non-hydrogen) atoms. The van der Waals surface area contributed by atoms with Gasteiger partial charge in [0, 0.05) is 10.5 Å². The van der Waals surface area contributed by atoms with E-state index in [-0.39, 0.29) is 5.54 Å². The lowest BCUT2D eigenvalue weighted by Gasteiger charge is -2.40. The van der Waals surface area contributed by atoms with Gasteiger partial charge in [-0.25, -0.2) is 0 Å². The summed E-state index contributed by atoms with van der Waals surface area (Å²) in [6.07, 6.45) is 7.85. The molecule has 0 radical (unpaired) electrons. The Balaban J connectivity index is 1.87. The average Bonchev–Trinajstić information content (AvgIpc) is 2.25. The van der Waals surface area contributed by atoms with Gasteiger partial charge in [0.1, 0.15) is 0 Å². The van der Waals surface area contributed by atoms with Gasteiger partial charge >= 0.3 is 0 Å². The first-order chi connectivity index (χ1) is 8.00. The van der Waals surface area contributed by atoms with E-state index < -0.39 is 0 Å². The molecular weight excluding hydrogens is 274 g/mol. The van der Waals surface area contributed by atoms with Crippen molar-refractivity contribution in [2.75, 3.05) is 0 Å². The Bertz CT molecular complexity index is 421. The molecule has 1 nitrogen and oxygen atoms in total. The molecule has 0 aromatic heterocycles. The lowest BCUT2D eigenvalue weighted by Crippen LogP contribution is -2.50. The van der Waals surface area contributed by atoms with Crippen molar-refractivity contribution in [2.24, 2.45) is 0 Å². The van der Waals surface area contributed by atoms with Crippen molar-refractivity contribution >= 4 is 15.9 Å². The summed E-state index contributed by atoms with van der Waals surface area (Å²) >= 11 is 3.46. The summed E-state index contributed by atoms with van der Waals surface area (Å²) in [6, 6.07) is 9.20. The monoisotopic (exact) mass is 291 g/mol. The molecule has 1 saturated carbocycles. The van der Waals surface area contributed by atoms with Gasteiger partial charge in [-0.2, -0.15) is 0 Å². The zero-order chi connectivity index (χ0) is 12.5. The molecule has 0 aliphatic heterocycles. The van der Waals surface area contributed by atoms with Crippen LogP contribution in [0.5, 0.6) is 0 Å². The summed E-state index contributed by atoms with van der Waals surface area (Å²) in [5, 5.41) is 3.51. The van der Waals surface area contributed by atoms with Crippen LogP contribution in [0.25, 0.3) is 0 Å². The minimum absolute atomic E-state index is 0.185. The molecule has 1 N–H and O–H groups in total. The van der Waals surface area contributed by atoms with Crippen molar-refractivity contribution in [1.29, 1.82) is 0 Å². The number of halogens is 1. The summed E-state index contributed by atoms with van der Waals surface area (Å²) in [6.45, 7) is 4.11. The van der Waals surface area contributed by atoms with Crippen LogP contribution in [0.3, 0.4) is 0 Å². The number of nitrogens with one attached hydrogen (secondary N) is 1. The van der Waals surface area contributed by atoms with Gasteiger partial charge < -0.3 is 0 Å². The van der Waals surface area contributed by atoms with Crippen LogP contribution in [0, 0.1) is 12.3 Å². The van der Waals surface area contributed by atoms with E-state index in [1.54, 1.807) is 0 Å². The van der Waals surface area contributed by atoms with Gasteiger partial charge in [-0.05, 0) is 50.3 Å². The molecule has 1 aromatic rings. The molecular formula is C15H18BrN. The van der Waals surface area contributed by atoms with Crippen molar-refractivity contribution in [2.45, 2.75) is 44.2 Å². The normalized spacial score (nSPS) is 23.9. The molecule has 90 valence electrons. The zero-order valence-electron chi connectivity index (χ0n) is 10.3. The Hall–Kier alpha value is -0.780. The van der Waals surface area contributed by atoms with Crippen LogP contribution in [0.4, 0.5) is 0 Å². The Kier molecular flexibility index (Phi) is 3.61. The largest absolute Gasteiger partial charge is 0.299 e. The van der Waals surface area contributed by atoms with Gasteiger partial charge in [0.15, 0.2) is 0 Å². The Labute approximate surface area is 112 Å². The van der Waals surface area contributed by atoms with Gasteiger partial charge in [-0.1, -0.05) is 34.0 Å². The Morgan fingerprint density at radius 3 is 2.41 bits per heavy atom. The molecule has 1 aliphatic carbocycles. The second kappa shape index (κ2) is 4.84. The summed E-state index contributed by atoms with van der Waals surface area (Å²) in [5.41, 5.74) is 1.25. The SMILES string of the molecule is C#CC(C)(C)NC1CC(c2ccc(Br)cc2)C1. The molecule has 0 saturated heterocycles. The second-order valence-electron chi connectivity index (χ2n) is 5.33. The molecule has 2 rings (SSSR count). The fraction of sp³-hybridized carbons (Fsp3) is 0.467. The molecule has 0 amide bonds. The number of hydrogen-bond acceptors (Lipinski definition) is 1. The third kappa shape index (κ3) is 3.12. The van der Waals surface area contributed by atoms with Crippen LogP contribution in [-0.4, -0.2) is 11.6 Å². The van der Waals surface area contributed by atoms with Gasteiger partial charge in [-0.15, -0.1) is 6.42 Å². The average molecular weight is 292 g/mol. The van der Waals surface area contributed by atoms with Crippen LogP contribution >= 0.6 is 15.9 Å². The third-order valence-corrected chi connectivity index (χ3v) is 3.93. The molecule has 0 atom stereocenters. The smallest absolute Gasteiger partial charge is 0.0743 e. The Morgan fingerprint density at radius 1 is 1.29 bits per heavy atom. The predicted octanol–water partition coefficient (Wildman–Crippen LogP) is 3.70. The van der Waals surface area contributed by atoms with E-state index in [1.165, 1.54) is 18.4 Å². The molecule has 2 heteroatoms. The van der Waals surface area contributed by atoms with Gasteiger partial charge in [0.05, 0.1) is 5.54 Å². The van der Waals surface area contributed by atoms with Gasteiger partial charge in [0.25, 0.3) is 0 Å². The number of hydrogen-bond donors (Lipinski definition) is 1. The van der Waals surface area contributed by atoms with Crippen molar-refractivity contribution in [3.63, 3.8) is 0 Å². The van der Waals surface area contributed by atoms with E-state index in [4.69, 9.17) is 6.42 Å².